The van der Waals surface area contributed by atoms with Crippen LogP contribution in [0.4, 0.5) is 30.7 Å². The summed E-state index contributed by atoms with van der Waals surface area (Å²) in [7, 11) is 0. The molecule has 0 aliphatic carbocycles. The van der Waals surface area contributed by atoms with Gasteiger partial charge in [-0.15, -0.1) is 0 Å². The molecule has 0 saturated heterocycles. The molecule has 0 spiro atoms. The summed E-state index contributed by atoms with van der Waals surface area (Å²) in [6.45, 7) is 4.44. The third-order valence-electron chi connectivity index (χ3n) is 3.23. The van der Waals surface area contributed by atoms with Gasteiger partial charge in [0.15, 0.2) is 0 Å². The largest absolute Gasteiger partial charge is 0.435 e. The molecule has 0 N–H and O–H groups in total. The smallest absolute Gasteiger partial charge is 0.218 e. The summed E-state index contributed by atoms with van der Waals surface area (Å²) < 4.78 is 89.7. The monoisotopic (exact) mass is 302 g/mol. The third kappa shape index (κ3) is 2.50. The number of alkyl halides is 7. The highest BCUT2D eigenvalue weighted by atomic mass is 19.4. The molecule has 0 nitrogen and oxygen atoms in total. The van der Waals surface area contributed by atoms with E-state index < -0.39 is 23.6 Å². The number of hydrogen-bond acceptors (Lipinski definition) is 0. The second-order valence-electron chi connectivity index (χ2n) is 4.60. The van der Waals surface area contributed by atoms with Crippen LogP contribution >= 0.6 is 0 Å². The highest BCUT2D eigenvalue weighted by Gasteiger charge is 2.73. The minimum Gasteiger partial charge on any atom is -0.218 e. The van der Waals surface area contributed by atoms with Gasteiger partial charge in [0.25, 0.3) is 0 Å². The van der Waals surface area contributed by atoms with E-state index in [2.05, 4.69) is 0 Å². The van der Waals surface area contributed by atoms with Crippen molar-refractivity contribution in [3.8, 4) is 0 Å². The Kier molecular flexibility index (Phi) is 4.14. The highest BCUT2D eigenvalue weighted by Crippen LogP contribution is 2.53. The molecule has 1 aromatic carbocycles. The molecule has 0 aliphatic heterocycles. The maximum atomic E-state index is 13.9. The standard InChI is InChI=1S/C13H13F7/c1-4-10-7(2)5-9(6-8(10)3)11(14,12(15,16)17)13(18,19)20/h5-6H,4H2,1-3H3. The van der Waals surface area contributed by atoms with Crippen LogP contribution in [0.25, 0.3) is 0 Å². The molecule has 0 amide bonds. The summed E-state index contributed by atoms with van der Waals surface area (Å²) in [5.74, 6) is 0. The first-order valence-electron chi connectivity index (χ1n) is 5.79. The lowest BCUT2D eigenvalue weighted by atomic mass is 9.88. The number of aryl methyl sites for hydroxylation is 2. The predicted octanol–water partition coefficient (Wildman–Crippen LogP) is 5.16. The third-order valence-corrected chi connectivity index (χ3v) is 3.23. The van der Waals surface area contributed by atoms with E-state index in [0.717, 1.165) is 0 Å². The molecule has 0 aromatic heterocycles. The molecule has 20 heavy (non-hydrogen) atoms. The van der Waals surface area contributed by atoms with Crippen LogP contribution in [0.2, 0.25) is 0 Å². The fourth-order valence-corrected chi connectivity index (χ4v) is 2.24. The Hall–Kier alpha value is -1.27. The number of hydrogen-bond donors (Lipinski definition) is 0. The number of halogens is 7. The Bertz CT molecular complexity index is 459. The van der Waals surface area contributed by atoms with Crippen molar-refractivity contribution in [2.45, 2.75) is 45.2 Å². The lowest BCUT2D eigenvalue weighted by Crippen LogP contribution is -2.50. The number of rotatable bonds is 2. The lowest BCUT2D eigenvalue weighted by molar-refractivity contribution is -0.348. The van der Waals surface area contributed by atoms with Gasteiger partial charge >= 0.3 is 18.0 Å². The van der Waals surface area contributed by atoms with Crippen LogP contribution in [0.15, 0.2) is 12.1 Å². The van der Waals surface area contributed by atoms with Crippen LogP contribution in [0.3, 0.4) is 0 Å². The van der Waals surface area contributed by atoms with Gasteiger partial charge in [0.2, 0.25) is 0 Å². The molecule has 7 heteroatoms. The van der Waals surface area contributed by atoms with Crippen molar-refractivity contribution in [1.29, 1.82) is 0 Å². The first-order valence-corrected chi connectivity index (χ1v) is 5.79. The normalized spacial score (nSPS) is 13.7. The topological polar surface area (TPSA) is 0 Å². The summed E-state index contributed by atoms with van der Waals surface area (Å²) >= 11 is 0. The molecule has 0 heterocycles. The van der Waals surface area contributed by atoms with Crippen molar-refractivity contribution in [2.75, 3.05) is 0 Å². The maximum Gasteiger partial charge on any atom is 0.435 e. The zero-order valence-electron chi connectivity index (χ0n) is 11.0. The Morgan fingerprint density at radius 2 is 1.15 bits per heavy atom. The van der Waals surface area contributed by atoms with E-state index in [1.54, 1.807) is 6.92 Å². The van der Waals surface area contributed by atoms with E-state index in [-0.39, 0.29) is 11.1 Å². The van der Waals surface area contributed by atoms with Crippen molar-refractivity contribution >= 4 is 0 Å². The fourth-order valence-electron chi connectivity index (χ4n) is 2.24. The van der Waals surface area contributed by atoms with Crippen LogP contribution in [-0.4, -0.2) is 12.4 Å². The van der Waals surface area contributed by atoms with Crippen molar-refractivity contribution < 1.29 is 30.7 Å². The minimum atomic E-state index is -6.07. The van der Waals surface area contributed by atoms with Gasteiger partial charge in [0, 0.05) is 5.56 Å². The van der Waals surface area contributed by atoms with Gasteiger partial charge in [-0.25, -0.2) is 4.39 Å². The average molecular weight is 302 g/mol. The van der Waals surface area contributed by atoms with Crippen molar-refractivity contribution in [1.82, 2.24) is 0 Å². The molecule has 0 unspecified atom stereocenters. The molecule has 1 aromatic rings. The molecule has 0 radical (unpaired) electrons. The predicted molar refractivity (Wildman–Crippen MR) is 60.2 cm³/mol. The van der Waals surface area contributed by atoms with Gasteiger partial charge in [-0.05, 0) is 37.0 Å². The average Bonchev–Trinajstić information content (AvgIpc) is 2.24. The minimum absolute atomic E-state index is 0.207. The summed E-state index contributed by atoms with van der Waals surface area (Å²) in [5, 5.41) is 0. The highest BCUT2D eigenvalue weighted by molar-refractivity contribution is 5.41. The van der Waals surface area contributed by atoms with Crippen LogP contribution in [0, 0.1) is 13.8 Å². The van der Waals surface area contributed by atoms with E-state index in [1.165, 1.54) is 13.8 Å². The van der Waals surface area contributed by atoms with Crippen molar-refractivity contribution in [2.24, 2.45) is 0 Å². The van der Waals surface area contributed by atoms with Crippen molar-refractivity contribution in [3.63, 3.8) is 0 Å². The Morgan fingerprint density at radius 3 is 1.40 bits per heavy atom. The van der Waals surface area contributed by atoms with E-state index in [9.17, 15) is 30.7 Å². The first-order chi connectivity index (χ1) is 8.86. The molecular formula is C13H13F7. The second kappa shape index (κ2) is 4.93. The van der Waals surface area contributed by atoms with Crippen LogP contribution in [-0.2, 0) is 12.1 Å². The summed E-state index contributed by atoms with van der Waals surface area (Å²) in [4.78, 5) is 0. The SMILES string of the molecule is CCc1c(C)cc(C(F)(C(F)(F)F)C(F)(F)F)cc1C. The van der Waals surface area contributed by atoms with Gasteiger partial charge in [0.05, 0.1) is 0 Å². The maximum absolute atomic E-state index is 13.9. The lowest BCUT2D eigenvalue weighted by Gasteiger charge is -2.31. The molecule has 0 saturated carbocycles. The number of benzene rings is 1. The quantitative estimate of drug-likeness (QED) is 0.662. The van der Waals surface area contributed by atoms with E-state index in [0.29, 0.717) is 24.1 Å². The Morgan fingerprint density at radius 1 is 0.800 bits per heavy atom. The molecule has 0 aliphatic rings. The molecular weight excluding hydrogens is 289 g/mol. The van der Waals surface area contributed by atoms with E-state index in [1.807, 2.05) is 0 Å². The Labute approximate surface area is 111 Å². The zero-order chi connectivity index (χ0) is 15.9. The van der Waals surface area contributed by atoms with Gasteiger partial charge < -0.3 is 0 Å². The molecule has 0 bridgehead atoms. The molecule has 0 atom stereocenters. The van der Waals surface area contributed by atoms with Gasteiger partial charge in [0.1, 0.15) is 0 Å². The zero-order valence-corrected chi connectivity index (χ0v) is 11.0. The Balaban J connectivity index is 3.61. The summed E-state index contributed by atoms with van der Waals surface area (Å²) in [6, 6.07) is 1.24. The summed E-state index contributed by atoms with van der Waals surface area (Å²) in [6.07, 6.45) is -11.7. The second-order valence-corrected chi connectivity index (χ2v) is 4.60. The van der Waals surface area contributed by atoms with Gasteiger partial charge in [-0.3, -0.25) is 0 Å². The molecule has 0 fully saturated rings. The van der Waals surface area contributed by atoms with Crippen LogP contribution < -0.4 is 0 Å². The van der Waals surface area contributed by atoms with Crippen LogP contribution in [0.1, 0.15) is 29.2 Å². The molecule has 114 valence electrons. The summed E-state index contributed by atoms with van der Waals surface area (Å²) in [5.41, 5.74) is -5.76. The first kappa shape index (κ1) is 16.8. The fraction of sp³-hybridized carbons (Fsp3) is 0.538. The van der Waals surface area contributed by atoms with Gasteiger partial charge in [-0.2, -0.15) is 26.3 Å². The van der Waals surface area contributed by atoms with E-state index >= 15 is 0 Å². The van der Waals surface area contributed by atoms with Gasteiger partial charge in [-0.1, -0.05) is 19.1 Å². The molecule has 1 rings (SSSR count). The van der Waals surface area contributed by atoms with Crippen LogP contribution in [0.5, 0.6) is 0 Å². The van der Waals surface area contributed by atoms with E-state index in [4.69, 9.17) is 0 Å². The van der Waals surface area contributed by atoms with Crippen molar-refractivity contribution in [3.05, 3.63) is 34.4 Å².